The first-order chi connectivity index (χ1) is 15.5. The zero-order chi connectivity index (χ0) is 22.4. The number of hydrogen-bond donors (Lipinski definition) is 1. The van der Waals surface area contributed by atoms with Gasteiger partial charge in [-0.25, -0.2) is 4.98 Å². The Bertz CT molecular complexity index is 1340. The van der Waals surface area contributed by atoms with Crippen molar-refractivity contribution in [3.8, 4) is 6.07 Å². The van der Waals surface area contributed by atoms with Crippen molar-refractivity contribution < 1.29 is 0 Å². The summed E-state index contributed by atoms with van der Waals surface area (Å²) in [4.78, 5) is 9.68. The molecule has 0 spiro atoms. The number of fused-ring (bicyclic) bond motifs is 3. The molecule has 1 unspecified atom stereocenters. The Balaban J connectivity index is 1.86. The van der Waals surface area contributed by atoms with Crippen molar-refractivity contribution in [3.63, 3.8) is 0 Å². The molecule has 3 heterocycles. The molecule has 1 aliphatic rings. The third-order valence-electron chi connectivity index (χ3n) is 6.66. The predicted molar refractivity (Wildman–Crippen MR) is 130 cm³/mol. The number of imidazole rings is 1. The number of hydrogen-bond acceptors (Lipinski definition) is 5. The summed E-state index contributed by atoms with van der Waals surface area (Å²) < 4.78 is 2.22. The monoisotopic (exact) mass is 424 g/mol. The number of rotatable bonds is 4. The lowest BCUT2D eigenvalue weighted by Crippen LogP contribution is -2.42. The number of anilines is 2. The number of nitriles is 1. The van der Waals surface area contributed by atoms with Crippen LogP contribution >= 0.6 is 0 Å². The van der Waals surface area contributed by atoms with E-state index in [1.54, 1.807) is 0 Å². The van der Waals surface area contributed by atoms with Crippen LogP contribution < -0.4 is 10.6 Å². The lowest BCUT2D eigenvalue weighted by molar-refractivity contribution is 0.300. The second-order valence-corrected chi connectivity index (χ2v) is 8.87. The molecule has 2 aromatic carbocycles. The molecular formula is C26H28N6. The molecule has 4 aromatic rings. The van der Waals surface area contributed by atoms with Crippen LogP contribution in [0.15, 0.2) is 48.5 Å². The minimum absolute atomic E-state index is 0.303. The number of pyridine rings is 1. The molecule has 0 saturated carbocycles. The van der Waals surface area contributed by atoms with Crippen molar-refractivity contribution in [1.29, 1.82) is 5.26 Å². The van der Waals surface area contributed by atoms with Crippen LogP contribution in [0.2, 0.25) is 0 Å². The van der Waals surface area contributed by atoms with E-state index in [0.717, 1.165) is 59.6 Å². The third-order valence-corrected chi connectivity index (χ3v) is 6.66. The molecule has 1 aliphatic heterocycles. The van der Waals surface area contributed by atoms with Gasteiger partial charge in [0, 0.05) is 24.2 Å². The van der Waals surface area contributed by atoms with E-state index < -0.39 is 0 Å². The van der Waals surface area contributed by atoms with Gasteiger partial charge in [-0.15, -0.1) is 0 Å². The van der Waals surface area contributed by atoms with Crippen molar-refractivity contribution in [2.75, 3.05) is 31.3 Å². The van der Waals surface area contributed by atoms with Gasteiger partial charge < -0.3 is 10.6 Å². The number of nitrogen functional groups attached to an aromatic ring is 1. The number of para-hydroxylation sites is 2. The number of nitrogens with two attached hydrogens (primary N) is 1. The zero-order valence-corrected chi connectivity index (χ0v) is 18.8. The number of nitrogens with zero attached hydrogens (tertiary/aromatic N) is 5. The summed E-state index contributed by atoms with van der Waals surface area (Å²) in [7, 11) is 4.28. The molecule has 32 heavy (non-hydrogen) atoms. The Morgan fingerprint density at radius 1 is 1.16 bits per heavy atom. The zero-order valence-electron chi connectivity index (χ0n) is 18.8. The first kappa shape index (κ1) is 20.3. The third kappa shape index (κ3) is 3.17. The highest BCUT2D eigenvalue weighted by atomic mass is 15.4. The summed E-state index contributed by atoms with van der Waals surface area (Å²) in [5.74, 6) is 1.15. The van der Waals surface area contributed by atoms with E-state index in [2.05, 4.69) is 59.5 Å². The Morgan fingerprint density at radius 3 is 2.62 bits per heavy atom. The molecular weight excluding hydrogens is 396 g/mol. The topological polar surface area (TPSA) is 73.6 Å². The molecule has 0 amide bonds. The Hall–Kier alpha value is -3.56. The van der Waals surface area contributed by atoms with Gasteiger partial charge in [-0.2, -0.15) is 5.26 Å². The second-order valence-electron chi connectivity index (χ2n) is 8.87. The molecule has 6 heteroatoms. The van der Waals surface area contributed by atoms with Crippen LogP contribution in [0.3, 0.4) is 0 Å². The van der Waals surface area contributed by atoms with Crippen LogP contribution in [0.5, 0.6) is 0 Å². The molecule has 6 nitrogen and oxygen atoms in total. The van der Waals surface area contributed by atoms with E-state index >= 15 is 0 Å². The van der Waals surface area contributed by atoms with Crippen LogP contribution in [0.1, 0.15) is 35.1 Å². The SMILES string of the molecule is Cc1c(Cc2ccc(N)cc2)c(N2CCCC2N(C)C)n2c(nc3ccccc32)c1C#N. The van der Waals surface area contributed by atoms with Crippen LogP contribution in [-0.4, -0.2) is 41.1 Å². The lowest BCUT2D eigenvalue weighted by atomic mass is 9.97. The van der Waals surface area contributed by atoms with Crippen LogP contribution in [0.4, 0.5) is 11.5 Å². The summed E-state index contributed by atoms with van der Waals surface area (Å²) in [6.45, 7) is 3.04. The van der Waals surface area contributed by atoms with Gasteiger partial charge in [-0.3, -0.25) is 9.30 Å². The smallest absolute Gasteiger partial charge is 0.157 e. The second kappa shape index (κ2) is 7.85. The van der Waals surface area contributed by atoms with Gasteiger partial charge in [-0.1, -0.05) is 24.3 Å². The van der Waals surface area contributed by atoms with Crippen molar-refractivity contribution in [3.05, 3.63) is 70.8 Å². The molecule has 0 aliphatic carbocycles. The highest BCUT2D eigenvalue weighted by molar-refractivity contribution is 5.86. The van der Waals surface area contributed by atoms with Crippen LogP contribution in [-0.2, 0) is 6.42 Å². The predicted octanol–water partition coefficient (Wildman–Crippen LogP) is 4.33. The van der Waals surface area contributed by atoms with Gasteiger partial charge in [0.2, 0.25) is 0 Å². The number of aromatic nitrogens is 2. The molecule has 5 rings (SSSR count). The maximum absolute atomic E-state index is 10.1. The van der Waals surface area contributed by atoms with E-state index in [1.807, 2.05) is 30.3 Å². The molecule has 1 fully saturated rings. The summed E-state index contributed by atoms with van der Waals surface area (Å²) in [5, 5.41) is 10.1. The number of benzene rings is 2. The fourth-order valence-electron chi connectivity index (χ4n) is 5.05. The van der Waals surface area contributed by atoms with Crippen molar-refractivity contribution in [2.45, 2.75) is 32.4 Å². The van der Waals surface area contributed by atoms with E-state index in [-0.39, 0.29) is 0 Å². The van der Waals surface area contributed by atoms with Gasteiger partial charge in [0.25, 0.3) is 0 Å². The Labute approximate surface area is 188 Å². The average Bonchev–Trinajstić information content (AvgIpc) is 3.41. The average molecular weight is 425 g/mol. The maximum Gasteiger partial charge on any atom is 0.157 e. The van der Waals surface area contributed by atoms with E-state index in [1.165, 1.54) is 11.1 Å². The standard InChI is InChI=1S/C26H28N6/c1-17-20(15-18-10-12-19(28)13-11-18)26(31-14-6-9-24(31)30(2)3)32-23-8-5-4-7-22(23)29-25(32)21(17)16-27/h4-5,7-8,10-13,24H,6,9,14-15,28H2,1-3H3. The maximum atomic E-state index is 10.1. The van der Waals surface area contributed by atoms with E-state index in [9.17, 15) is 5.26 Å². The fraction of sp³-hybridized carbons (Fsp3) is 0.308. The molecule has 0 radical (unpaired) electrons. The van der Waals surface area contributed by atoms with Gasteiger partial charge in [-0.05, 0) is 69.3 Å². The first-order valence-corrected chi connectivity index (χ1v) is 11.1. The van der Waals surface area contributed by atoms with Crippen molar-refractivity contribution >= 4 is 28.2 Å². The summed E-state index contributed by atoms with van der Waals surface area (Å²) in [6.07, 6.45) is 3.28. The molecule has 1 atom stereocenters. The molecule has 2 aromatic heterocycles. The van der Waals surface area contributed by atoms with E-state index in [0.29, 0.717) is 11.7 Å². The molecule has 162 valence electrons. The minimum Gasteiger partial charge on any atom is -0.399 e. The quantitative estimate of drug-likeness (QED) is 0.494. The normalized spacial score (nSPS) is 16.3. The van der Waals surface area contributed by atoms with Gasteiger partial charge >= 0.3 is 0 Å². The van der Waals surface area contributed by atoms with Gasteiger partial charge in [0.05, 0.1) is 22.8 Å². The van der Waals surface area contributed by atoms with Gasteiger partial charge in [0.1, 0.15) is 11.9 Å². The summed E-state index contributed by atoms with van der Waals surface area (Å²) in [6, 6.07) is 18.7. The van der Waals surface area contributed by atoms with Crippen molar-refractivity contribution in [1.82, 2.24) is 14.3 Å². The van der Waals surface area contributed by atoms with Crippen LogP contribution in [0, 0.1) is 18.3 Å². The first-order valence-electron chi connectivity index (χ1n) is 11.1. The highest BCUT2D eigenvalue weighted by Crippen LogP contribution is 2.38. The lowest BCUT2D eigenvalue weighted by Gasteiger charge is -2.34. The summed E-state index contributed by atoms with van der Waals surface area (Å²) >= 11 is 0. The fourth-order valence-corrected chi connectivity index (χ4v) is 5.05. The van der Waals surface area contributed by atoms with E-state index in [4.69, 9.17) is 10.7 Å². The molecule has 1 saturated heterocycles. The van der Waals surface area contributed by atoms with Gasteiger partial charge in [0.15, 0.2) is 5.65 Å². The minimum atomic E-state index is 0.303. The molecule has 2 N–H and O–H groups in total. The Kier molecular flexibility index (Phi) is 4.99. The highest BCUT2D eigenvalue weighted by Gasteiger charge is 2.32. The summed E-state index contributed by atoms with van der Waals surface area (Å²) in [5.41, 5.74) is 13.4. The molecule has 0 bridgehead atoms. The Morgan fingerprint density at radius 2 is 1.91 bits per heavy atom. The van der Waals surface area contributed by atoms with Crippen molar-refractivity contribution in [2.24, 2.45) is 0 Å². The van der Waals surface area contributed by atoms with Crippen LogP contribution in [0.25, 0.3) is 16.7 Å². The largest absolute Gasteiger partial charge is 0.399 e.